The average molecular weight is 452 g/mol. The molecule has 3 N–H and O–H groups in total. The van der Waals surface area contributed by atoms with Gasteiger partial charge in [-0.25, -0.2) is 0 Å². The van der Waals surface area contributed by atoms with Gasteiger partial charge in [0, 0.05) is 11.9 Å². The summed E-state index contributed by atoms with van der Waals surface area (Å²) in [5.74, 6) is -1.48. The van der Waals surface area contributed by atoms with Crippen LogP contribution in [0.25, 0.3) is 11.5 Å². The second-order valence-corrected chi connectivity index (χ2v) is 6.31. The molecule has 2 amide bonds. The zero-order chi connectivity index (χ0) is 22.4. The van der Waals surface area contributed by atoms with Crippen molar-refractivity contribution < 1.29 is 22.8 Å². The standard InChI is InChI=1S/C18H13ClF3N7O2/c19-12-7-10(25-9-30)4-5-11(12)15(31)28-17-27-14(13-3-1-2-6-23-13)26-16(29-17)24-8-18(20,21)22/h1-7,9H,8H2,(H,25,30)(H2,24,26,27,28,29,31). The summed E-state index contributed by atoms with van der Waals surface area (Å²) in [6.07, 6.45) is -2.61. The Kier molecular flexibility index (Phi) is 6.60. The number of carbonyl (C=O) groups is 2. The van der Waals surface area contributed by atoms with Crippen LogP contribution < -0.4 is 16.0 Å². The number of carbonyl (C=O) groups excluding carboxylic acids is 2. The van der Waals surface area contributed by atoms with Gasteiger partial charge in [0.15, 0.2) is 5.82 Å². The minimum Gasteiger partial charge on any atom is -0.345 e. The van der Waals surface area contributed by atoms with Crippen LogP contribution in [0.2, 0.25) is 5.02 Å². The number of anilines is 3. The van der Waals surface area contributed by atoms with Gasteiger partial charge in [-0.3, -0.25) is 19.9 Å². The van der Waals surface area contributed by atoms with Gasteiger partial charge in [0.2, 0.25) is 18.3 Å². The molecule has 0 atom stereocenters. The van der Waals surface area contributed by atoms with Crippen molar-refractivity contribution in [2.45, 2.75) is 6.18 Å². The fraction of sp³-hybridized carbons (Fsp3) is 0.111. The molecule has 0 bridgehead atoms. The molecule has 0 unspecified atom stereocenters. The molecule has 0 spiro atoms. The van der Waals surface area contributed by atoms with Crippen LogP contribution in [-0.2, 0) is 4.79 Å². The van der Waals surface area contributed by atoms with Gasteiger partial charge in [-0.05, 0) is 30.3 Å². The van der Waals surface area contributed by atoms with Crippen molar-refractivity contribution in [3.63, 3.8) is 0 Å². The molecule has 160 valence electrons. The van der Waals surface area contributed by atoms with Crippen LogP contribution in [0.5, 0.6) is 0 Å². The highest BCUT2D eigenvalue weighted by Crippen LogP contribution is 2.23. The highest BCUT2D eigenvalue weighted by molar-refractivity contribution is 6.34. The highest BCUT2D eigenvalue weighted by Gasteiger charge is 2.27. The van der Waals surface area contributed by atoms with E-state index in [0.29, 0.717) is 12.1 Å². The summed E-state index contributed by atoms with van der Waals surface area (Å²) in [5.41, 5.74) is 0.660. The number of hydrogen-bond acceptors (Lipinski definition) is 7. The fourth-order valence-electron chi connectivity index (χ4n) is 2.33. The Morgan fingerprint density at radius 1 is 1.10 bits per heavy atom. The van der Waals surface area contributed by atoms with Gasteiger partial charge < -0.3 is 10.6 Å². The number of pyridine rings is 1. The number of nitrogens with zero attached hydrogens (tertiary/aromatic N) is 4. The fourth-order valence-corrected chi connectivity index (χ4v) is 2.59. The molecule has 0 saturated carbocycles. The van der Waals surface area contributed by atoms with E-state index in [-0.39, 0.29) is 28.1 Å². The summed E-state index contributed by atoms with van der Waals surface area (Å²) in [5, 5.41) is 6.83. The van der Waals surface area contributed by atoms with E-state index >= 15 is 0 Å². The number of amides is 2. The average Bonchev–Trinajstić information content (AvgIpc) is 2.72. The molecular weight excluding hydrogens is 439 g/mol. The summed E-state index contributed by atoms with van der Waals surface area (Å²) in [4.78, 5) is 38.9. The van der Waals surface area contributed by atoms with E-state index < -0.39 is 24.6 Å². The molecule has 3 aromatic rings. The zero-order valence-electron chi connectivity index (χ0n) is 15.4. The molecule has 31 heavy (non-hydrogen) atoms. The quantitative estimate of drug-likeness (QED) is 0.471. The summed E-state index contributed by atoms with van der Waals surface area (Å²) in [6, 6.07) is 8.98. The smallest absolute Gasteiger partial charge is 0.345 e. The zero-order valence-corrected chi connectivity index (χ0v) is 16.2. The molecule has 0 aliphatic carbocycles. The van der Waals surface area contributed by atoms with Crippen LogP contribution >= 0.6 is 11.6 Å². The van der Waals surface area contributed by atoms with Crippen LogP contribution in [-0.4, -0.2) is 45.0 Å². The number of nitrogens with one attached hydrogen (secondary N) is 3. The Balaban J connectivity index is 1.90. The molecule has 9 nitrogen and oxygen atoms in total. The van der Waals surface area contributed by atoms with Gasteiger partial charge in [-0.1, -0.05) is 17.7 Å². The summed E-state index contributed by atoms with van der Waals surface area (Å²) in [6.45, 7) is -1.39. The summed E-state index contributed by atoms with van der Waals surface area (Å²) >= 11 is 6.07. The van der Waals surface area contributed by atoms with Gasteiger partial charge in [0.05, 0.1) is 10.6 Å². The number of alkyl halides is 3. The van der Waals surface area contributed by atoms with Crippen molar-refractivity contribution in [2.75, 3.05) is 22.5 Å². The first-order valence-electron chi connectivity index (χ1n) is 8.54. The third-order valence-corrected chi connectivity index (χ3v) is 3.95. The third kappa shape index (κ3) is 6.09. The normalized spacial score (nSPS) is 11.0. The van der Waals surface area contributed by atoms with Crippen LogP contribution in [0.3, 0.4) is 0 Å². The monoisotopic (exact) mass is 451 g/mol. The molecule has 0 saturated heterocycles. The molecule has 0 aliphatic heterocycles. The SMILES string of the molecule is O=CNc1ccc(C(=O)Nc2nc(NCC(F)(F)F)nc(-c3ccccn3)n2)c(Cl)c1. The van der Waals surface area contributed by atoms with E-state index in [1.54, 1.807) is 18.2 Å². The van der Waals surface area contributed by atoms with Crippen molar-refractivity contribution in [2.24, 2.45) is 0 Å². The molecule has 0 aliphatic rings. The largest absolute Gasteiger partial charge is 0.405 e. The number of hydrogen-bond donors (Lipinski definition) is 3. The van der Waals surface area contributed by atoms with E-state index in [1.165, 1.54) is 24.4 Å². The maximum atomic E-state index is 12.6. The van der Waals surface area contributed by atoms with Gasteiger partial charge in [-0.2, -0.15) is 28.1 Å². The first-order valence-corrected chi connectivity index (χ1v) is 8.92. The van der Waals surface area contributed by atoms with Gasteiger partial charge in [-0.15, -0.1) is 0 Å². The number of halogens is 4. The number of rotatable bonds is 7. The van der Waals surface area contributed by atoms with Gasteiger partial charge >= 0.3 is 6.18 Å². The van der Waals surface area contributed by atoms with E-state index in [2.05, 4.69) is 30.6 Å². The highest BCUT2D eigenvalue weighted by atomic mass is 35.5. The predicted molar refractivity (Wildman–Crippen MR) is 107 cm³/mol. The maximum absolute atomic E-state index is 12.6. The van der Waals surface area contributed by atoms with Crippen LogP contribution in [0.4, 0.5) is 30.8 Å². The van der Waals surface area contributed by atoms with Crippen molar-refractivity contribution in [3.05, 3.63) is 53.2 Å². The van der Waals surface area contributed by atoms with Crippen molar-refractivity contribution in [1.29, 1.82) is 0 Å². The van der Waals surface area contributed by atoms with Crippen LogP contribution in [0, 0.1) is 0 Å². The van der Waals surface area contributed by atoms with E-state index in [0.717, 1.165) is 0 Å². The molecule has 13 heteroatoms. The van der Waals surface area contributed by atoms with Crippen molar-refractivity contribution in [3.8, 4) is 11.5 Å². The lowest BCUT2D eigenvalue weighted by Gasteiger charge is -2.11. The molecule has 1 aromatic carbocycles. The Labute approximate surface area is 178 Å². The molecular formula is C18H13ClF3N7O2. The van der Waals surface area contributed by atoms with Gasteiger partial charge in [0.25, 0.3) is 5.91 Å². The molecule has 3 rings (SSSR count). The molecule has 0 fully saturated rings. The lowest BCUT2D eigenvalue weighted by molar-refractivity contribution is -0.115. The van der Waals surface area contributed by atoms with Crippen LogP contribution in [0.1, 0.15) is 10.4 Å². The third-order valence-electron chi connectivity index (χ3n) is 3.64. The molecule has 2 heterocycles. The van der Waals surface area contributed by atoms with Gasteiger partial charge in [0.1, 0.15) is 12.2 Å². The number of benzene rings is 1. The minimum atomic E-state index is -4.51. The second kappa shape index (κ2) is 9.34. The summed E-state index contributed by atoms with van der Waals surface area (Å²) < 4.78 is 37.7. The topological polar surface area (TPSA) is 122 Å². The summed E-state index contributed by atoms with van der Waals surface area (Å²) in [7, 11) is 0. The van der Waals surface area contributed by atoms with E-state index in [1.807, 2.05) is 5.32 Å². The first-order chi connectivity index (χ1) is 14.7. The Hall–Kier alpha value is -3.80. The lowest BCUT2D eigenvalue weighted by Crippen LogP contribution is -2.23. The second-order valence-electron chi connectivity index (χ2n) is 5.90. The van der Waals surface area contributed by atoms with Crippen molar-refractivity contribution in [1.82, 2.24) is 19.9 Å². The first kappa shape index (κ1) is 21.9. The molecule has 2 aromatic heterocycles. The lowest BCUT2D eigenvalue weighted by atomic mass is 10.2. The maximum Gasteiger partial charge on any atom is 0.405 e. The van der Waals surface area contributed by atoms with Crippen LogP contribution in [0.15, 0.2) is 42.6 Å². The minimum absolute atomic E-state index is 0.0266. The molecule has 0 radical (unpaired) electrons. The number of aromatic nitrogens is 4. The van der Waals surface area contributed by atoms with E-state index in [9.17, 15) is 22.8 Å². The Morgan fingerprint density at radius 2 is 1.87 bits per heavy atom. The Bertz CT molecular complexity index is 1100. The van der Waals surface area contributed by atoms with Crippen molar-refractivity contribution >= 4 is 41.5 Å². The Morgan fingerprint density at radius 3 is 2.52 bits per heavy atom. The van der Waals surface area contributed by atoms with E-state index in [4.69, 9.17) is 11.6 Å². The predicted octanol–water partition coefficient (Wildman–Crippen LogP) is 3.38.